The van der Waals surface area contributed by atoms with Gasteiger partial charge in [-0.3, -0.25) is 0 Å². The Balaban J connectivity index is 1.98. The minimum absolute atomic E-state index is 0.233. The molecular formula is C18H20N4O4S2. The Morgan fingerprint density at radius 1 is 1.36 bits per heavy atom. The first-order chi connectivity index (χ1) is 13.5. The molecule has 0 unspecified atom stereocenters. The van der Waals surface area contributed by atoms with Crippen molar-refractivity contribution >= 4 is 35.1 Å². The second kappa shape index (κ2) is 9.07. The number of nitrogens with one attached hydrogen (secondary N) is 2. The maximum atomic E-state index is 12.7. The Hall–Kier alpha value is -2.59. The number of aryl methyl sites for hydroxylation is 1. The van der Waals surface area contributed by atoms with Gasteiger partial charge in [0.1, 0.15) is 10.8 Å². The predicted molar refractivity (Wildman–Crippen MR) is 106 cm³/mol. The minimum Gasteiger partial charge on any atom is -0.497 e. The van der Waals surface area contributed by atoms with E-state index in [1.807, 2.05) is 19.1 Å². The van der Waals surface area contributed by atoms with E-state index >= 15 is 0 Å². The number of ether oxygens (including phenoxy) is 2. The fourth-order valence-electron chi connectivity index (χ4n) is 2.72. The number of hydrogen-bond donors (Lipinski definition) is 2. The van der Waals surface area contributed by atoms with Crippen molar-refractivity contribution in [1.29, 1.82) is 0 Å². The Morgan fingerprint density at radius 3 is 2.86 bits per heavy atom. The van der Waals surface area contributed by atoms with Crippen LogP contribution in [0.25, 0.3) is 0 Å². The molecule has 1 aromatic carbocycles. The summed E-state index contributed by atoms with van der Waals surface area (Å²) in [4.78, 5) is 25.0. The number of methoxy groups -OCH3 is 1. The van der Waals surface area contributed by atoms with E-state index in [9.17, 15) is 9.59 Å². The average Bonchev–Trinajstić information content (AvgIpc) is 3.11. The Labute approximate surface area is 170 Å². The van der Waals surface area contributed by atoms with Crippen LogP contribution in [0.2, 0.25) is 0 Å². The first-order valence-electron chi connectivity index (χ1n) is 8.56. The smallest absolute Gasteiger partial charge is 0.338 e. The molecule has 0 saturated heterocycles. The van der Waals surface area contributed by atoms with Gasteiger partial charge in [-0.25, -0.2) is 9.59 Å². The van der Waals surface area contributed by atoms with Crippen molar-refractivity contribution < 1.29 is 19.1 Å². The fraction of sp³-hybridized carbons (Fsp3) is 0.333. The molecule has 10 heteroatoms. The van der Waals surface area contributed by atoms with Gasteiger partial charge in [0.15, 0.2) is 4.34 Å². The van der Waals surface area contributed by atoms with Crippen molar-refractivity contribution in [3.8, 4) is 5.75 Å². The van der Waals surface area contributed by atoms with Crippen LogP contribution < -0.4 is 15.4 Å². The second-order valence-corrected chi connectivity index (χ2v) is 8.20. The van der Waals surface area contributed by atoms with Gasteiger partial charge in [0.05, 0.1) is 25.3 Å². The van der Waals surface area contributed by atoms with Gasteiger partial charge < -0.3 is 20.1 Å². The van der Waals surface area contributed by atoms with Gasteiger partial charge >= 0.3 is 12.0 Å². The minimum atomic E-state index is -0.644. The van der Waals surface area contributed by atoms with E-state index < -0.39 is 12.0 Å². The summed E-state index contributed by atoms with van der Waals surface area (Å²) in [5.74, 6) is 0.511. The number of thioether (sulfide) groups is 1. The maximum absolute atomic E-state index is 12.7. The second-order valence-electron chi connectivity index (χ2n) is 5.80. The number of carbonyl (C=O) groups is 2. The van der Waals surface area contributed by atoms with Crippen molar-refractivity contribution in [2.24, 2.45) is 0 Å². The number of aromatic nitrogens is 2. The van der Waals surface area contributed by atoms with E-state index in [0.29, 0.717) is 22.8 Å². The predicted octanol–water partition coefficient (Wildman–Crippen LogP) is 2.82. The van der Waals surface area contributed by atoms with Crippen molar-refractivity contribution in [3.63, 3.8) is 0 Å². The van der Waals surface area contributed by atoms with Crippen LogP contribution in [0.3, 0.4) is 0 Å². The van der Waals surface area contributed by atoms with Gasteiger partial charge in [-0.1, -0.05) is 35.2 Å². The number of urea groups is 1. The van der Waals surface area contributed by atoms with Crippen molar-refractivity contribution in [2.75, 3.05) is 19.5 Å². The summed E-state index contributed by atoms with van der Waals surface area (Å²) in [6.45, 7) is 3.85. The van der Waals surface area contributed by atoms with E-state index in [-0.39, 0.29) is 12.6 Å². The highest BCUT2D eigenvalue weighted by atomic mass is 32.2. The molecule has 3 rings (SSSR count). The SMILES string of the molecule is CCOC(=O)C1=C(CSc2nnc(C)s2)NC(=O)N[C@@H]1c1cccc(OC)c1. The molecule has 8 nitrogen and oxygen atoms in total. The van der Waals surface area contributed by atoms with Gasteiger partial charge in [0.25, 0.3) is 0 Å². The molecule has 1 aliphatic heterocycles. The summed E-state index contributed by atoms with van der Waals surface area (Å²) in [6, 6.07) is 6.20. The maximum Gasteiger partial charge on any atom is 0.338 e. The van der Waals surface area contributed by atoms with Gasteiger partial charge in [-0.2, -0.15) is 0 Å². The lowest BCUT2D eigenvalue weighted by molar-refractivity contribution is -0.139. The number of nitrogens with zero attached hydrogens (tertiary/aromatic N) is 2. The number of amides is 2. The topological polar surface area (TPSA) is 102 Å². The molecule has 0 bridgehead atoms. The molecule has 2 heterocycles. The molecule has 28 heavy (non-hydrogen) atoms. The van der Waals surface area contributed by atoms with E-state index in [0.717, 1.165) is 14.9 Å². The first-order valence-corrected chi connectivity index (χ1v) is 10.4. The number of benzene rings is 1. The third kappa shape index (κ3) is 4.63. The van der Waals surface area contributed by atoms with E-state index in [1.54, 1.807) is 26.2 Å². The largest absolute Gasteiger partial charge is 0.497 e. The molecule has 0 spiro atoms. The molecule has 2 aromatic rings. The third-order valence-electron chi connectivity index (χ3n) is 3.92. The zero-order chi connectivity index (χ0) is 20.1. The van der Waals surface area contributed by atoms with E-state index in [4.69, 9.17) is 9.47 Å². The lowest BCUT2D eigenvalue weighted by Crippen LogP contribution is -2.46. The van der Waals surface area contributed by atoms with Crippen molar-refractivity contribution in [3.05, 3.63) is 46.1 Å². The molecule has 1 aromatic heterocycles. The van der Waals surface area contributed by atoms with Crippen LogP contribution in [-0.2, 0) is 9.53 Å². The van der Waals surface area contributed by atoms with Crippen LogP contribution in [0.1, 0.15) is 23.5 Å². The molecule has 1 atom stereocenters. The highest BCUT2D eigenvalue weighted by Crippen LogP contribution is 2.32. The Kier molecular flexibility index (Phi) is 6.53. The van der Waals surface area contributed by atoms with E-state index in [1.165, 1.54) is 23.1 Å². The van der Waals surface area contributed by atoms with Crippen molar-refractivity contribution in [2.45, 2.75) is 24.2 Å². The molecule has 2 N–H and O–H groups in total. The number of rotatable bonds is 7. The fourth-order valence-corrected chi connectivity index (χ4v) is 4.51. The van der Waals surface area contributed by atoms with Crippen LogP contribution in [-0.4, -0.2) is 41.7 Å². The summed E-state index contributed by atoms with van der Waals surface area (Å²) in [6.07, 6.45) is 0. The van der Waals surface area contributed by atoms with Crippen LogP contribution in [0.5, 0.6) is 5.75 Å². The van der Waals surface area contributed by atoms with Crippen LogP contribution in [0.15, 0.2) is 39.9 Å². The standard InChI is InChI=1S/C18H20N4O4S2/c1-4-26-16(23)14-13(9-27-18-22-21-10(2)28-18)19-17(24)20-15(14)11-6-5-7-12(8-11)25-3/h5-8,15H,4,9H2,1-3H3,(H2,19,20,24)/t15-/m1/s1. The Bertz CT molecular complexity index is 912. The highest BCUT2D eigenvalue weighted by Gasteiger charge is 2.34. The molecule has 148 valence electrons. The summed E-state index contributed by atoms with van der Waals surface area (Å²) in [5.41, 5.74) is 1.59. The highest BCUT2D eigenvalue weighted by molar-refractivity contribution is 8.01. The molecule has 0 fully saturated rings. The van der Waals surface area contributed by atoms with Gasteiger partial charge in [0.2, 0.25) is 0 Å². The summed E-state index contributed by atoms with van der Waals surface area (Å²) in [5, 5.41) is 14.5. The lowest BCUT2D eigenvalue weighted by Gasteiger charge is -2.29. The van der Waals surface area contributed by atoms with Crippen LogP contribution in [0.4, 0.5) is 4.79 Å². The normalized spacial score (nSPS) is 16.4. The van der Waals surface area contributed by atoms with Gasteiger partial charge in [-0.15, -0.1) is 10.2 Å². The molecule has 0 radical (unpaired) electrons. The molecule has 0 saturated carbocycles. The van der Waals surface area contributed by atoms with Crippen LogP contribution in [0, 0.1) is 6.92 Å². The summed E-state index contributed by atoms with van der Waals surface area (Å²) < 4.78 is 11.3. The molecule has 1 aliphatic rings. The summed E-state index contributed by atoms with van der Waals surface area (Å²) in [7, 11) is 1.56. The zero-order valence-electron chi connectivity index (χ0n) is 15.6. The molecular weight excluding hydrogens is 400 g/mol. The first kappa shape index (κ1) is 20.2. The lowest BCUT2D eigenvalue weighted by atomic mass is 9.95. The molecule has 0 aliphatic carbocycles. The number of esters is 1. The van der Waals surface area contributed by atoms with Crippen molar-refractivity contribution in [1.82, 2.24) is 20.8 Å². The monoisotopic (exact) mass is 420 g/mol. The number of carbonyl (C=O) groups excluding carboxylic acids is 2. The summed E-state index contributed by atoms with van der Waals surface area (Å²) >= 11 is 2.86. The zero-order valence-corrected chi connectivity index (χ0v) is 17.3. The van der Waals surface area contributed by atoms with Gasteiger partial charge in [-0.05, 0) is 31.5 Å². The Morgan fingerprint density at radius 2 is 2.18 bits per heavy atom. The molecule has 2 amide bonds. The van der Waals surface area contributed by atoms with Crippen LogP contribution >= 0.6 is 23.1 Å². The van der Waals surface area contributed by atoms with E-state index in [2.05, 4.69) is 20.8 Å². The number of hydrogen-bond acceptors (Lipinski definition) is 8. The third-order valence-corrected chi connectivity index (χ3v) is 5.92. The quantitative estimate of drug-likeness (QED) is 0.524. The average molecular weight is 421 g/mol. The van der Waals surface area contributed by atoms with Gasteiger partial charge in [0, 0.05) is 11.4 Å².